The second-order valence-corrected chi connectivity index (χ2v) is 11.9. The van der Waals surface area contributed by atoms with E-state index < -0.39 is 155 Å². The standard InChI is InChI=1S/C26H45NO21/c1-6(32)27-11-21(47-25-18(39)15(36)12(33)7(2-28)44-25)13(34)8(3-29)43-24(11)48-22-14(35)9(4-30)45-26(19(22)40)46-20-10(5-31)42-23(41)17(38)16(20)37/h7-26,28-31,33-41H,2-5H2,1H3,(H,27,32)/t7?,8?,9?,10?,11?,12-,13+,14-,15-,16+,17?,18?,19?,20+,21+,22-,23+,24-,25-,26-/m0/s1. The lowest BCUT2D eigenvalue weighted by atomic mass is 9.94. The van der Waals surface area contributed by atoms with Crippen molar-refractivity contribution in [2.45, 2.75) is 130 Å². The van der Waals surface area contributed by atoms with E-state index in [0.29, 0.717) is 0 Å². The van der Waals surface area contributed by atoms with Gasteiger partial charge in [0.25, 0.3) is 0 Å². The Hall–Kier alpha value is -1.33. The van der Waals surface area contributed by atoms with Crippen LogP contribution in [0.1, 0.15) is 6.92 Å². The van der Waals surface area contributed by atoms with Gasteiger partial charge in [-0.25, -0.2) is 0 Å². The highest BCUT2D eigenvalue weighted by atomic mass is 16.8. The maximum Gasteiger partial charge on any atom is 0.217 e. The van der Waals surface area contributed by atoms with E-state index in [9.17, 15) is 71.2 Å². The summed E-state index contributed by atoms with van der Waals surface area (Å²) in [6.45, 7) is -2.41. The number of aliphatic hydroxyl groups is 13. The van der Waals surface area contributed by atoms with E-state index in [2.05, 4.69) is 5.32 Å². The molecule has 0 radical (unpaired) electrons. The molecule has 8 unspecified atom stereocenters. The van der Waals surface area contributed by atoms with E-state index >= 15 is 0 Å². The first-order valence-corrected chi connectivity index (χ1v) is 15.1. The van der Waals surface area contributed by atoms with Gasteiger partial charge in [-0.1, -0.05) is 0 Å². The highest BCUT2D eigenvalue weighted by molar-refractivity contribution is 5.73. The summed E-state index contributed by atoms with van der Waals surface area (Å²) in [5.74, 6) is -0.765. The molecule has 22 nitrogen and oxygen atoms in total. The lowest BCUT2D eigenvalue weighted by Crippen LogP contribution is -2.70. The molecule has 4 aliphatic rings. The van der Waals surface area contributed by atoms with Crippen molar-refractivity contribution in [3.63, 3.8) is 0 Å². The predicted molar refractivity (Wildman–Crippen MR) is 145 cm³/mol. The Morgan fingerprint density at radius 2 is 0.958 bits per heavy atom. The van der Waals surface area contributed by atoms with E-state index in [1.165, 1.54) is 0 Å². The lowest BCUT2D eigenvalue weighted by molar-refractivity contribution is -0.379. The minimum Gasteiger partial charge on any atom is -0.394 e. The number of carbonyl (C=O) groups is 1. The minimum atomic E-state index is -2.04. The summed E-state index contributed by atoms with van der Waals surface area (Å²) >= 11 is 0. The first-order valence-electron chi connectivity index (χ1n) is 15.1. The first kappa shape index (κ1) is 39.5. The van der Waals surface area contributed by atoms with Gasteiger partial charge < -0.3 is 105 Å². The SMILES string of the molecule is CC(=O)NC1[C@H](O[C@@H]2C(O)[C@H](O[C@@H]3C(CO)O[C@@H](O)C(O)[C@H]3O)OC(CO)[C@@H]2O)OC(CO)[C@@H](O)[C@@H]1O[C@@H]1OC(CO)[C@H](O)[C@H](O)C1O. The van der Waals surface area contributed by atoms with Gasteiger partial charge in [0.1, 0.15) is 97.6 Å². The molecular weight excluding hydrogens is 662 g/mol. The van der Waals surface area contributed by atoms with Gasteiger partial charge >= 0.3 is 0 Å². The molecule has 0 aromatic carbocycles. The highest BCUT2D eigenvalue weighted by Gasteiger charge is 2.55. The number of rotatable bonds is 11. The third kappa shape index (κ3) is 8.08. The zero-order valence-electron chi connectivity index (χ0n) is 25.5. The Kier molecular flexibility index (Phi) is 13.8. The zero-order chi connectivity index (χ0) is 35.6. The molecule has 4 rings (SSSR count). The summed E-state index contributed by atoms with van der Waals surface area (Å²) in [6, 6.07) is -1.61. The molecule has 0 aromatic rings. The van der Waals surface area contributed by atoms with Crippen LogP contribution in [0.5, 0.6) is 0 Å². The van der Waals surface area contributed by atoms with E-state index in [0.717, 1.165) is 6.92 Å². The topological polar surface area (TPSA) is 357 Å². The summed E-state index contributed by atoms with van der Waals surface area (Å²) in [5.41, 5.74) is 0. The molecule has 4 fully saturated rings. The molecule has 0 spiro atoms. The van der Waals surface area contributed by atoms with Crippen LogP contribution in [0, 0.1) is 0 Å². The van der Waals surface area contributed by atoms with Gasteiger partial charge in [-0.05, 0) is 0 Å². The van der Waals surface area contributed by atoms with Gasteiger partial charge in [0.05, 0.1) is 26.4 Å². The van der Waals surface area contributed by atoms with Crippen LogP contribution >= 0.6 is 0 Å². The number of ether oxygens (including phenoxy) is 7. The van der Waals surface area contributed by atoms with Gasteiger partial charge in [0.15, 0.2) is 25.2 Å². The van der Waals surface area contributed by atoms with Crippen LogP contribution in [0.2, 0.25) is 0 Å². The highest BCUT2D eigenvalue weighted by Crippen LogP contribution is 2.34. The molecule has 20 atom stereocenters. The van der Waals surface area contributed by atoms with Crippen molar-refractivity contribution in [1.82, 2.24) is 5.32 Å². The maximum atomic E-state index is 12.3. The minimum absolute atomic E-state index is 0.765. The molecule has 0 bridgehead atoms. The van der Waals surface area contributed by atoms with Crippen LogP contribution in [0.4, 0.5) is 0 Å². The lowest BCUT2D eigenvalue weighted by Gasteiger charge is -2.50. The smallest absolute Gasteiger partial charge is 0.217 e. The largest absolute Gasteiger partial charge is 0.394 e. The van der Waals surface area contributed by atoms with Crippen LogP contribution in [-0.4, -0.2) is 221 Å². The average molecular weight is 708 g/mol. The molecule has 14 N–H and O–H groups in total. The Labute approximate surface area is 272 Å². The Morgan fingerprint density at radius 1 is 0.500 bits per heavy atom. The van der Waals surface area contributed by atoms with Crippen LogP contribution in [0.15, 0.2) is 0 Å². The predicted octanol–water partition coefficient (Wildman–Crippen LogP) is -9.61. The van der Waals surface area contributed by atoms with Gasteiger partial charge in [0.2, 0.25) is 5.91 Å². The summed E-state index contributed by atoms with van der Waals surface area (Å²) in [7, 11) is 0. The molecule has 4 heterocycles. The van der Waals surface area contributed by atoms with Crippen molar-refractivity contribution in [2.24, 2.45) is 0 Å². The molecule has 280 valence electrons. The van der Waals surface area contributed by atoms with Crippen LogP contribution in [0.3, 0.4) is 0 Å². The quantitative estimate of drug-likeness (QED) is 0.0947. The number of amides is 1. The Bertz CT molecular complexity index is 1030. The van der Waals surface area contributed by atoms with E-state index in [1.807, 2.05) is 0 Å². The van der Waals surface area contributed by atoms with Gasteiger partial charge in [-0.3, -0.25) is 4.79 Å². The molecule has 22 heteroatoms. The number of hydrogen-bond donors (Lipinski definition) is 14. The third-order valence-electron chi connectivity index (χ3n) is 8.61. The van der Waals surface area contributed by atoms with E-state index in [-0.39, 0.29) is 0 Å². The number of carbonyl (C=O) groups excluding carboxylic acids is 1. The van der Waals surface area contributed by atoms with E-state index in [1.54, 1.807) is 0 Å². The van der Waals surface area contributed by atoms with Gasteiger partial charge in [-0.15, -0.1) is 0 Å². The molecular formula is C26H45NO21. The van der Waals surface area contributed by atoms with Gasteiger partial charge in [0, 0.05) is 6.92 Å². The molecule has 0 aliphatic carbocycles. The van der Waals surface area contributed by atoms with Crippen molar-refractivity contribution in [3.05, 3.63) is 0 Å². The molecule has 0 saturated carbocycles. The number of aliphatic hydroxyl groups excluding tert-OH is 13. The molecule has 0 aromatic heterocycles. The van der Waals surface area contributed by atoms with Crippen LogP contribution in [0.25, 0.3) is 0 Å². The molecule has 1 amide bonds. The number of hydrogen-bond acceptors (Lipinski definition) is 21. The van der Waals surface area contributed by atoms with Crippen molar-refractivity contribution in [3.8, 4) is 0 Å². The van der Waals surface area contributed by atoms with Crippen LogP contribution < -0.4 is 5.32 Å². The Balaban J connectivity index is 1.61. The fourth-order valence-electron chi connectivity index (χ4n) is 5.94. The normalized spacial score (nSPS) is 50.2. The molecule has 48 heavy (non-hydrogen) atoms. The molecule has 4 saturated heterocycles. The second-order valence-electron chi connectivity index (χ2n) is 11.9. The summed E-state index contributed by atoms with van der Waals surface area (Å²) < 4.78 is 38.7. The van der Waals surface area contributed by atoms with Crippen molar-refractivity contribution in [2.75, 3.05) is 26.4 Å². The average Bonchev–Trinajstić information content (AvgIpc) is 3.06. The summed E-state index contributed by atoms with van der Waals surface area (Å²) in [6.07, 6.45) is -33.8. The van der Waals surface area contributed by atoms with Crippen molar-refractivity contribution in [1.29, 1.82) is 0 Å². The zero-order valence-corrected chi connectivity index (χ0v) is 25.5. The van der Waals surface area contributed by atoms with Crippen molar-refractivity contribution < 1.29 is 104 Å². The van der Waals surface area contributed by atoms with Crippen LogP contribution in [-0.2, 0) is 38.0 Å². The fraction of sp³-hybridized carbons (Fsp3) is 0.962. The Morgan fingerprint density at radius 3 is 1.50 bits per heavy atom. The third-order valence-corrected chi connectivity index (χ3v) is 8.61. The maximum absolute atomic E-state index is 12.3. The fourth-order valence-corrected chi connectivity index (χ4v) is 5.94. The summed E-state index contributed by atoms with van der Waals surface area (Å²) in [5, 5.41) is 136. The number of nitrogens with one attached hydrogen (secondary N) is 1. The van der Waals surface area contributed by atoms with E-state index in [4.69, 9.17) is 33.2 Å². The molecule has 4 aliphatic heterocycles. The summed E-state index contributed by atoms with van der Waals surface area (Å²) in [4.78, 5) is 12.3. The monoisotopic (exact) mass is 707 g/mol. The van der Waals surface area contributed by atoms with Gasteiger partial charge in [-0.2, -0.15) is 0 Å². The second kappa shape index (κ2) is 16.8. The van der Waals surface area contributed by atoms with Crippen molar-refractivity contribution >= 4 is 5.91 Å². The first-order chi connectivity index (χ1) is 22.7.